The second kappa shape index (κ2) is 15.6. The monoisotopic (exact) mass is 614 g/mol. The van der Waals surface area contributed by atoms with Crippen LogP contribution >= 0.6 is 15.9 Å². The number of hydrogen-bond donors (Lipinski definition) is 0. The Morgan fingerprint density at radius 3 is 1.35 bits per heavy atom. The van der Waals surface area contributed by atoms with Crippen molar-refractivity contribution < 1.29 is 33.2 Å². The van der Waals surface area contributed by atoms with Gasteiger partial charge in [0.05, 0.1) is 60.7 Å². The number of halogens is 1. The maximum Gasteiger partial charge on any atom is 0.317 e. The van der Waals surface area contributed by atoms with E-state index >= 15 is 0 Å². The van der Waals surface area contributed by atoms with E-state index in [0.717, 1.165) is 29.3 Å². The van der Waals surface area contributed by atoms with Crippen LogP contribution in [0.3, 0.4) is 0 Å². The van der Waals surface area contributed by atoms with Crippen molar-refractivity contribution in [3.63, 3.8) is 0 Å². The summed E-state index contributed by atoms with van der Waals surface area (Å²) in [5, 5.41) is 0.914. The third-order valence-electron chi connectivity index (χ3n) is 5.77. The van der Waals surface area contributed by atoms with Gasteiger partial charge < -0.3 is 33.2 Å². The molecular formula is C30H35BrN2O7. The van der Waals surface area contributed by atoms with E-state index in [1.54, 1.807) is 42.7 Å². The maximum atomic E-state index is 5.88. The van der Waals surface area contributed by atoms with Crippen molar-refractivity contribution >= 4 is 40.2 Å². The van der Waals surface area contributed by atoms with Gasteiger partial charge in [-0.2, -0.15) is 9.97 Å². The van der Waals surface area contributed by atoms with Crippen LogP contribution in [0.25, 0.3) is 24.3 Å². The van der Waals surface area contributed by atoms with Crippen molar-refractivity contribution in [1.29, 1.82) is 0 Å². The molecule has 0 fully saturated rings. The van der Waals surface area contributed by atoms with E-state index < -0.39 is 0 Å². The smallest absolute Gasteiger partial charge is 0.317 e. The molecule has 9 nitrogen and oxygen atoms in total. The minimum absolute atomic E-state index is 0.297. The predicted octanol–water partition coefficient (Wildman–Crippen LogP) is 6.42. The Bertz CT molecular complexity index is 1190. The summed E-state index contributed by atoms with van der Waals surface area (Å²) in [5.74, 6) is 3.32. The van der Waals surface area contributed by atoms with E-state index in [-0.39, 0.29) is 0 Å². The van der Waals surface area contributed by atoms with Gasteiger partial charge >= 0.3 is 6.01 Å². The highest BCUT2D eigenvalue weighted by molar-refractivity contribution is 9.09. The first-order chi connectivity index (χ1) is 19.5. The zero-order chi connectivity index (χ0) is 28.9. The van der Waals surface area contributed by atoms with Crippen molar-refractivity contribution in [3.8, 4) is 40.5 Å². The number of benzene rings is 2. The van der Waals surface area contributed by atoms with Gasteiger partial charge in [-0.05, 0) is 66.5 Å². The van der Waals surface area contributed by atoms with Crippen molar-refractivity contribution in [2.45, 2.75) is 12.8 Å². The third kappa shape index (κ3) is 8.05. The molecule has 0 radical (unpaired) electrons. The molecule has 0 bridgehead atoms. The van der Waals surface area contributed by atoms with E-state index in [0.29, 0.717) is 58.5 Å². The van der Waals surface area contributed by atoms with E-state index in [4.69, 9.17) is 33.2 Å². The summed E-state index contributed by atoms with van der Waals surface area (Å²) in [6.45, 7) is 0.516. The minimum Gasteiger partial charge on any atom is -0.493 e. The van der Waals surface area contributed by atoms with Gasteiger partial charge in [-0.15, -0.1) is 0 Å². The normalized spacial score (nSPS) is 11.1. The van der Waals surface area contributed by atoms with Crippen molar-refractivity contribution in [2.75, 3.05) is 54.6 Å². The SMILES string of the molecule is COc1cc(/C=C/c2cc(/C=C/c3cc(OC)c(OC)c(OC)c3)nc(OCCCCBr)n2)cc(OC)c1OC. The van der Waals surface area contributed by atoms with Crippen LogP contribution in [-0.4, -0.2) is 64.6 Å². The fourth-order valence-electron chi connectivity index (χ4n) is 3.82. The van der Waals surface area contributed by atoms with Crippen molar-refractivity contribution in [1.82, 2.24) is 9.97 Å². The first-order valence-corrected chi connectivity index (χ1v) is 13.7. The van der Waals surface area contributed by atoms with Gasteiger partial charge in [0.25, 0.3) is 0 Å². The van der Waals surface area contributed by atoms with Gasteiger partial charge in [-0.25, -0.2) is 0 Å². The molecule has 0 aliphatic rings. The van der Waals surface area contributed by atoms with Gasteiger partial charge in [0, 0.05) is 5.33 Å². The van der Waals surface area contributed by atoms with Gasteiger partial charge in [0.15, 0.2) is 23.0 Å². The van der Waals surface area contributed by atoms with Crippen LogP contribution in [0.2, 0.25) is 0 Å². The maximum absolute atomic E-state index is 5.88. The van der Waals surface area contributed by atoms with Crippen molar-refractivity contribution in [3.05, 3.63) is 52.8 Å². The number of ether oxygens (including phenoxy) is 7. The summed E-state index contributed by atoms with van der Waals surface area (Å²) in [6.07, 6.45) is 9.46. The molecule has 0 aliphatic heterocycles. The summed E-state index contributed by atoms with van der Waals surface area (Å²) < 4.78 is 38.6. The lowest BCUT2D eigenvalue weighted by molar-refractivity contribution is 0.285. The summed E-state index contributed by atoms with van der Waals surface area (Å²) in [4.78, 5) is 9.18. The Kier molecular flexibility index (Phi) is 12.0. The quantitative estimate of drug-likeness (QED) is 0.142. The average molecular weight is 616 g/mol. The second-order valence-electron chi connectivity index (χ2n) is 8.33. The minimum atomic E-state index is 0.297. The number of methoxy groups -OCH3 is 6. The summed E-state index contributed by atoms with van der Waals surface area (Å²) in [7, 11) is 9.48. The Balaban J connectivity index is 1.97. The number of rotatable bonds is 15. The van der Waals surface area contributed by atoms with Crippen LogP contribution in [0.4, 0.5) is 0 Å². The topological polar surface area (TPSA) is 90.4 Å². The summed E-state index contributed by atoms with van der Waals surface area (Å²) in [5.41, 5.74) is 3.04. The molecule has 1 heterocycles. The van der Waals surface area contributed by atoms with E-state index in [1.165, 1.54) is 0 Å². The Morgan fingerprint density at radius 1 is 0.575 bits per heavy atom. The molecular weight excluding hydrogens is 580 g/mol. The zero-order valence-electron chi connectivity index (χ0n) is 23.7. The molecule has 0 saturated carbocycles. The number of alkyl halides is 1. The first kappa shape index (κ1) is 30.6. The highest BCUT2D eigenvalue weighted by Gasteiger charge is 2.13. The molecule has 0 unspecified atom stereocenters. The zero-order valence-corrected chi connectivity index (χ0v) is 25.2. The number of nitrogens with zero attached hydrogens (tertiary/aromatic N) is 2. The average Bonchev–Trinajstić information content (AvgIpc) is 2.99. The fourth-order valence-corrected chi connectivity index (χ4v) is 4.21. The summed E-state index contributed by atoms with van der Waals surface area (Å²) >= 11 is 3.45. The molecule has 0 spiro atoms. The molecule has 214 valence electrons. The number of unbranched alkanes of at least 4 members (excludes halogenated alkanes) is 1. The molecule has 40 heavy (non-hydrogen) atoms. The van der Waals surface area contributed by atoms with E-state index in [1.807, 2.05) is 54.6 Å². The van der Waals surface area contributed by atoms with Crippen LogP contribution < -0.4 is 33.2 Å². The summed E-state index contributed by atoms with van der Waals surface area (Å²) in [6, 6.07) is 9.62. The Labute approximate surface area is 243 Å². The van der Waals surface area contributed by atoms with Crippen LogP contribution in [0, 0.1) is 0 Å². The molecule has 0 N–H and O–H groups in total. The number of aromatic nitrogens is 2. The largest absolute Gasteiger partial charge is 0.493 e. The highest BCUT2D eigenvalue weighted by atomic mass is 79.9. The third-order valence-corrected chi connectivity index (χ3v) is 6.33. The van der Waals surface area contributed by atoms with Crippen LogP contribution in [-0.2, 0) is 0 Å². The predicted molar refractivity (Wildman–Crippen MR) is 161 cm³/mol. The molecule has 0 atom stereocenters. The van der Waals surface area contributed by atoms with E-state index in [2.05, 4.69) is 25.9 Å². The number of hydrogen-bond acceptors (Lipinski definition) is 9. The van der Waals surface area contributed by atoms with E-state index in [9.17, 15) is 0 Å². The fraction of sp³-hybridized carbons (Fsp3) is 0.333. The van der Waals surface area contributed by atoms with Gasteiger partial charge in [0.1, 0.15) is 0 Å². The van der Waals surface area contributed by atoms with Crippen LogP contribution in [0.15, 0.2) is 30.3 Å². The first-order valence-electron chi connectivity index (χ1n) is 12.5. The molecule has 10 heteroatoms. The Hall–Kier alpha value is -3.92. The standard InChI is InChI=1S/C30H35BrN2O7/c1-34-24-15-20(16-25(35-2)28(24)38-5)9-11-22-19-23(33-30(32-22)40-14-8-7-13-31)12-10-21-17-26(36-3)29(39-6)27(18-21)37-4/h9-12,15-19H,7-8,13-14H2,1-6H3/b11-9+,12-10+. The molecule has 0 saturated heterocycles. The molecule has 0 aliphatic carbocycles. The molecule has 3 aromatic rings. The molecule has 2 aromatic carbocycles. The van der Waals surface area contributed by atoms with Gasteiger partial charge in [0.2, 0.25) is 11.5 Å². The lowest BCUT2D eigenvalue weighted by atomic mass is 10.1. The van der Waals surface area contributed by atoms with Crippen LogP contribution in [0.1, 0.15) is 35.4 Å². The van der Waals surface area contributed by atoms with Crippen molar-refractivity contribution in [2.24, 2.45) is 0 Å². The second-order valence-corrected chi connectivity index (χ2v) is 9.12. The highest BCUT2D eigenvalue weighted by Crippen LogP contribution is 2.39. The van der Waals surface area contributed by atoms with Gasteiger partial charge in [-0.3, -0.25) is 0 Å². The molecule has 0 amide bonds. The molecule has 3 rings (SSSR count). The lowest BCUT2D eigenvalue weighted by Gasteiger charge is -2.13. The van der Waals surface area contributed by atoms with Crippen LogP contribution in [0.5, 0.6) is 40.5 Å². The Morgan fingerprint density at radius 2 is 1.00 bits per heavy atom. The molecule has 1 aromatic heterocycles. The lowest BCUT2D eigenvalue weighted by Crippen LogP contribution is -2.03. The van der Waals surface area contributed by atoms with Gasteiger partial charge in [-0.1, -0.05) is 28.1 Å².